The van der Waals surface area contributed by atoms with E-state index in [9.17, 15) is 0 Å². The largest absolute Gasteiger partial charge is 0.496 e. The first-order valence-electron chi connectivity index (χ1n) is 6.78. The molecule has 0 aliphatic heterocycles. The number of hydrogen-bond acceptors (Lipinski definition) is 2. The van der Waals surface area contributed by atoms with Crippen molar-refractivity contribution in [2.45, 2.75) is 25.3 Å². The van der Waals surface area contributed by atoms with Crippen LogP contribution < -0.4 is 10.5 Å². The Morgan fingerprint density at radius 3 is 2.79 bits per heavy atom. The summed E-state index contributed by atoms with van der Waals surface area (Å²) in [6.45, 7) is 0. The van der Waals surface area contributed by atoms with Gasteiger partial charge in [0.1, 0.15) is 5.75 Å². The van der Waals surface area contributed by atoms with Crippen LogP contribution in [0.3, 0.4) is 0 Å². The number of benzene rings is 2. The van der Waals surface area contributed by atoms with Crippen LogP contribution in [-0.2, 0) is 12.8 Å². The highest BCUT2D eigenvalue weighted by Crippen LogP contribution is 2.32. The first kappa shape index (κ1) is 12.2. The summed E-state index contributed by atoms with van der Waals surface area (Å²) in [5.74, 6) is 0.926. The monoisotopic (exact) mass is 253 g/mol. The topological polar surface area (TPSA) is 35.2 Å². The number of hydrogen-bond donors (Lipinski definition) is 1. The molecule has 19 heavy (non-hydrogen) atoms. The van der Waals surface area contributed by atoms with Crippen LogP contribution >= 0.6 is 0 Å². The van der Waals surface area contributed by atoms with Crippen molar-refractivity contribution in [3.05, 3.63) is 53.6 Å². The molecule has 2 heteroatoms. The summed E-state index contributed by atoms with van der Waals surface area (Å²) in [5, 5.41) is 0. The van der Waals surface area contributed by atoms with Gasteiger partial charge in [0.05, 0.1) is 7.11 Å². The molecule has 3 rings (SSSR count). The summed E-state index contributed by atoms with van der Waals surface area (Å²) in [7, 11) is 1.72. The van der Waals surface area contributed by atoms with Gasteiger partial charge in [0.25, 0.3) is 0 Å². The van der Waals surface area contributed by atoms with E-state index in [0.29, 0.717) is 6.04 Å². The normalized spacial score (nSPS) is 17.9. The van der Waals surface area contributed by atoms with Crippen molar-refractivity contribution in [3.8, 4) is 16.9 Å². The van der Waals surface area contributed by atoms with E-state index in [4.69, 9.17) is 10.5 Å². The van der Waals surface area contributed by atoms with E-state index in [1.807, 2.05) is 18.2 Å². The first-order valence-corrected chi connectivity index (χ1v) is 6.78. The second-order valence-electron chi connectivity index (χ2n) is 5.19. The molecule has 2 aromatic rings. The number of aryl methyl sites for hydroxylation is 1. The summed E-state index contributed by atoms with van der Waals surface area (Å²) in [5.41, 5.74) is 11.2. The maximum Gasteiger partial charge on any atom is 0.126 e. The summed E-state index contributed by atoms with van der Waals surface area (Å²) in [4.78, 5) is 0. The van der Waals surface area contributed by atoms with Crippen LogP contribution in [0.1, 0.15) is 17.5 Å². The maximum absolute atomic E-state index is 6.02. The third-order valence-corrected chi connectivity index (χ3v) is 3.89. The molecule has 0 heterocycles. The van der Waals surface area contributed by atoms with Crippen LogP contribution in [0.25, 0.3) is 11.1 Å². The Hall–Kier alpha value is -1.80. The summed E-state index contributed by atoms with van der Waals surface area (Å²) in [6, 6.07) is 15.2. The van der Waals surface area contributed by atoms with Crippen molar-refractivity contribution in [1.82, 2.24) is 0 Å². The zero-order chi connectivity index (χ0) is 13.2. The Kier molecular flexibility index (Phi) is 3.26. The highest BCUT2D eigenvalue weighted by molar-refractivity contribution is 5.71. The average Bonchev–Trinajstić information content (AvgIpc) is 2.46. The molecule has 0 saturated heterocycles. The summed E-state index contributed by atoms with van der Waals surface area (Å²) in [6.07, 6.45) is 3.17. The number of nitrogens with two attached hydrogens (primary N) is 1. The van der Waals surface area contributed by atoms with Crippen LogP contribution in [0.2, 0.25) is 0 Å². The van der Waals surface area contributed by atoms with Crippen molar-refractivity contribution in [3.63, 3.8) is 0 Å². The van der Waals surface area contributed by atoms with Crippen LogP contribution in [0, 0.1) is 0 Å². The van der Waals surface area contributed by atoms with Gasteiger partial charge < -0.3 is 10.5 Å². The number of methoxy groups -OCH3 is 1. The van der Waals surface area contributed by atoms with Crippen LogP contribution in [0.4, 0.5) is 0 Å². The van der Waals surface area contributed by atoms with Crippen molar-refractivity contribution in [2.75, 3.05) is 7.11 Å². The molecule has 0 amide bonds. The molecule has 0 spiro atoms. The molecule has 1 aliphatic rings. The smallest absolute Gasteiger partial charge is 0.126 e. The lowest BCUT2D eigenvalue weighted by molar-refractivity contribution is 0.416. The summed E-state index contributed by atoms with van der Waals surface area (Å²) >= 11 is 0. The Morgan fingerprint density at radius 2 is 1.95 bits per heavy atom. The Morgan fingerprint density at radius 1 is 1.11 bits per heavy atom. The van der Waals surface area contributed by atoms with E-state index < -0.39 is 0 Å². The van der Waals surface area contributed by atoms with Gasteiger partial charge in [-0.1, -0.05) is 36.4 Å². The predicted molar refractivity (Wildman–Crippen MR) is 78.4 cm³/mol. The van der Waals surface area contributed by atoms with Gasteiger partial charge in [-0.05, 0) is 42.0 Å². The quantitative estimate of drug-likeness (QED) is 0.892. The van der Waals surface area contributed by atoms with Gasteiger partial charge in [-0.15, -0.1) is 0 Å². The molecule has 2 aromatic carbocycles. The Bertz CT molecular complexity index is 592. The average molecular weight is 253 g/mol. The fourth-order valence-electron chi connectivity index (χ4n) is 2.83. The molecule has 0 fully saturated rings. The van der Waals surface area contributed by atoms with Crippen LogP contribution in [0.5, 0.6) is 5.75 Å². The Labute approximate surface area is 114 Å². The van der Waals surface area contributed by atoms with E-state index >= 15 is 0 Å². The molecule has 0 saturated carbocycles. The fraction of sp³-hybridized carbons (Fsp3) is 0.294. The number of rotatable bonds is 2. The summed E-state index contributed by atoms with van der Waals surface area (Å²) < 4.78 is 5.44. The molecule has 1 atom stereocenters. The zero-order valence-corrected chi connectivity index (χ0v) is 11.2. The molecule has 1 unspecified atom stereocenters. The molecule has 2 N–H and O–H groups in total. The highest BCUT2D eigenvalue weighted by Gasteiger charge is 2.16. The molecule has 1 aliphatic carbocycles. The number of fused-ring (bicyclic) bond motifs is 1. The molecule has 0 radical (unpaired) electrons. The molecule has 2 nitrogen and oxygen atoms in total. The maximum atomic E-state index is 6.02. The third kappa shape index (κ3) is 2.36. The van der Waals surface area contributed by atoms with Gasteiger partial charge in [0.2, 0.25) is 0 Å². The molecule has 98 valence electrons. The second kappa shape index (κ2) is 5.06. The minimum Gasteiger partial charge on any atom is -0.496 e. The molecular formula is C17H19NO. The predicted octanol–water partition coefficient (Wildman–Crippen LogP) is 3.18. The lowest BCUT2D eigenvalue weighted by Gasteiger charge is -2.22. The van der Waals surface area contributed by atoms with E-state index in [1.54, 1.807) is 7.11 Å². The number of para-hydroxylation sites is 1. The van der Waals surface area contributed by atoms with Gasteiger partial charge in [-0.3, -0.25) is 0 Å². The molecular weight excluding hydrogens is 234 g/mol. The van der Waals surface area contributed by atoms with Crippen molar-refractivity contribution >= 4 is 0 Å². The minimum atomic E-state index is 0.324. The second-order valence-corrected chi connectivity index (χ2v) is 5.19. The molecule has 0 aromatic heterocycles. The molecule has 0 bridgehead atoms. The lowest BCUT2D eigenvalue weighted by atomic mass is 9.86. The van der Waals surface area contributed by atoms with E-state index in [2.05, 4.69) is 24.3 Å². The minimum absolute atomic E-state index is 0.324. The Balaban J connectivity index is 2.02. The van der Waals surface area contributed by atoms with Crippen molar-refractivity contribution in [1.29, 1.82) is 0 Å². The van der Waals surface area contributed by atoms with Gasteiger partial charge in [0, 0.05) is 11.6 Å². The van der Waals surface area contributed by atoms with Crippen molar-refractivity contribution < 1.29 is 4.74 Å². The zero-order valence-electron chi connectivity index (χ0n) is 11.2. The standard InChI is InChI=1S/C17H19NO/c1-19-17-5-3-2-4-16(17)14-7-6-13-11-15(18)9-8-12(13)10-14/h2-7,10,15H,8-9,11,18H2,1H3. The highest BCUT2D eigenvalue weighted by atomic mass is 16.5. The number of ether oxygens (including phenoxy) is 1. The van der Waals surface area contributed by atoms with E-state index in [1.165, 1.54) is 16.7 Å². The first-order chi connectivity index (χ1) is 9.28. The van der Waals surface area contributed by atoms with Gasteiger partial charge in [-0.2, -0.15) is 0 Å². The van der Waals surface area contributed by atoms with Crippen molar-refractivity contribution in [2.24, 2.45) is 5.73 Å². The third-order valence-electron chi connectivity index (χ3n) is 3.89. The SMILES string of the molecule is COc1ccccc1-c1ccc2c(c1)CCC(N)C2. The van der Waals surface area contributed by atoms with Gasteiger partial charge >= 0.3 is 0 Å². The van der Waals surface area contributed by atoms with Crippen LogP contribution in [0.15, 0.2) is 42.5 Å². The van der Waals surface area contributed by atoms with E-state index in [0.717, 1.165) is 30.6 Å². The van der Waals surface area contributed by atoms with Gasteiger partial charge in [0.15, 0.2) is 0 Å². The fourth-order valence-corrected chi connectivity index (χ4v) is 2.83. The lowest BCUT2D eigenvalue weighted by Crippen LogP contribution is -2.27. The van der Waals surface area contributed by atoms with Gasteiger partial charge in [-0.25, -0.2) is 0 Å². The van der Waals surface area contributed by atoms with E-state index in [-0.39, 0.29) is 0 Å². The van der Waals surface area contributed by atoms with Crippen LogP contribution in [-0.4, -0.2) is 13.2 Å².